The van der Waals surface area contributed by atoms with E-state index >= 15 is 0 Å². The monoisotopic (exact) mass is 907 g/mol. The van der Waals surface area contributed by atoms with Crippen LogP contribution in [-0.2, 0) is 19.1 Å². The van der Waals surface area contributed by atoms with Crippen LogP contribution in [0.2, 0.25) is 0 Å². The number of ether oxygens (including phenoxy) is 2. The Morgan fingerprint density at radius 1 is 0.369 bits per heavy atom. The predicted octanol–water partition coefficient (Wildman–Crippen LogP) is 18.8. The molecule has 5 nitrogen and oxygen atoms in total. The van der Waals surface area contributed by atoms with Crippen LogP contribution in [0, 0.1) is 0 Å². The number of hydrogen-bond acceptors (Lipinski definition) is 5. The molecule has 0 aliphatic rings. The molecule has 0 rings (SSSR count). The van der Waals surface area contributed by atoms with Gasteiger partial charge in [-0.15, -0.1) is 0 Å². The maximum absolute atomic E-state index is 12.3. The van der Waals surface area contributed by atoms with E-state index in [9.17, 15) is 14.7 Å². The lowest BCUT2D eigenvalue weighted by molar-refractivity contribution is -0.161. The topological polar surface area (TPSA) is 72.8 Å². The third-order valence-corrected chi connectivity index (χ3v) is 12.3. The zero-order chi connectivity index (χ0) is 47.0. The molecular formula is C60H106O5. The van der Waals surface area contributed by atoms with Crippen LogP contribution in [0.3, 0.4) is 0 Å². The van der Waals surface area contributed by atoms with E-state index in [-0.39, 0.29) is 25.2 Å². The number of hydrogen-bond donors (Lipinski definition) is 1. The highest BCUT2D eigenvalue weighted by atomic mass is 16.6. The molecule has 0 radical (unpaired) electrons. The molecule has 1 N–H and O–H groups in total. The maximum atomic E-state index is 12.3. The molecule has 0 aromatic carbocycles. The predicted molar refractivity (Wildman–Crippen MR) is 283 cm³/mol. The summed E-state index contributed by atoms with van der Waals surface area (Å²) in [7, 11) is 0. The van der Waals surface area contributed by atoms with Gasteiger partial charge in [-0.05, 0) is 64.2 Å². The molecule has 0 aromatic rings. The summed E-state index contributed by atoms with van der Waals surface area (Å²) < 4.78 is 10.7. The van der Waals surface area contributed by atoms with E-state index < -0.39 is 6.10 Å². The fourth-order valence-corrected chi connectivity index (χ4v) is 8.09. The van der Waals surface area contributed by atoms with Crippen molar-refractivity contribution >= 4 is 11.9 Å². The molecule has 0 fully saturated rings. The number of carbonyl (C=O) groups excluding carboxylic acids is 2. The first-order chi connectivity index (χ1) is 32.1. The number of esters is 2. The van der Waals surface area contributed by atoms with Crippen LogP contribution in [0.25, 0.3) is 0 Å². The Kier molecular flexibility index (Phi) is 53.4. The summed E-state index contributed by atoms with van der Waals surface area (Å²) in [6.07, 6.45) is 75.8. The molecule has 0 amide bonds. The molecule has 0 bridgehead atoms. The standard InChI is InChI=1S/C60H106O5/c1-3-5-7-9-11-13-15-17-19-21-23-25-26-27-28-29-30-31-32-33-34-35-37-39-41-43-45-47-49-51-53-55-60(63)65-58(56-61)57-64-59(62)54-52-50-48-46-44-42-40-38-36-24-22-20-18-16-14-12-10-8-6-4-2/h5,7,11,13,17,19,23,25,27-28,30-31,58,61H,3-4,6,8-10,12,14-16,18,20-22,24,26,29,32-57H2,1-2H3/b7-5-,13-11-,19-17-,25-23-,28-27-,31-30-. The minimum absolute atomic E-state index is 0.0649. The summed E-state index contributed by atoms with van der Waals surface area (Å²) in [5, 5.41) is 9.65. The smallest absolute Gasteiger partial charge is 0.306 e. The average Bonchev–Trinajstić information content (AvgIpc) is 3.31. The summed E-state index contributed by atoms with van der Waals surface area (Å²) in [6.45, 7) is 4.06. The second-order valence-electron chi connectivity index (χ2n) is 18.6. The lowest BCUT2D eigenvalue weighted by Gasteiger charge is -2.15. The van der Waals surface area contributed by atoms with Gasteiger partial charge >= 0.3 is 11.9 Å². The number of unbranched alkanes of at least 4 members (excludes halogenated alkanes) is 31. The van der Waals surface area contributed by atoms with E-state index in [1.165, 1.54) is 173 Å². The molecule has 1 atom stereocenters. The molecule has 0 saturated heterocycles. The van der Waals surface area contributed by atoms with Gasteiger partial charge in [0.2, 0.25) is 0 Å². The van der Waals surface area contributed by atoms with Gasteiger partial charge < -0.3 is 14.6 Å². The Bertz CT molecular complexity index is 1160. The third-order valence-electron chi connectivity index (χ3n) is 12.3. The molecule has 376 valence electrons. The van der Waals surface area contributed by atoms with Gasteiger partial charge in [-0.2, -0.15) is 0 Å². The molecule has 0 aromatic heterocycles. The Morgan fingerprint density at radius 2 is 0.662 bits per heavy atom. The summed E-state index contributed by atoms with van der Waals surface area (Å²) in [5.74, 6) is -0.582. The van der Waals surface area contributed by atoms with Gasteiger partial charge in [0, 0.05) is 12.8 Å². The second kappa shape index (κ2) is 55.7. The van der Waals surface area contributed by atoms with E-state index in [0.717, 1.165) is 77.0 Å². The fourth-order valence-electron chi connectivity index (χ4n) is 8.09. The van der Waals surface area contributed by atoms with Crippen LogP contribution in [0.5, 0.6) is 0 Å². The minimum atomic E-state index is -0.774. The number of allylic oxidation sites excluding steroid dienone is 12. The molecule has 65 heavy (non-hydrogen) atoms. The van der Waals surface area contributed by atoms with Crippen LogP contribution in [0.15, 0.2) is 72.9 Å². The maximum Gasteiger partial charge on any atom is 0.306 e. The van der Waals surface area contributed by atoms with Crippen molar-refractivity contribution in [2.45, 2.75) is 283 Å². The first kappa shape index (κ1) is 62.3. The third kappa shape index (κ3) is 53.8. The van der Waals surface area contributed by atoms with Crippen LogP contribution < -0.4 is 0 Å². The van der Waals surface area contributed by atoms with E-state index in [0.29, 0.717) is 12.8 Å². The summed E-state index contributed by atoms with van der Waals surface area (Å²) >= 11 is 0. The van der Waals surface area contributed by atoms with Crippen LogP contribution in [-0.4, -0.2) is 36.4 Å². The molecule has 0 heterocycles. The Morgan fingerprint density at radius 3 is 1.00 bits per heavy atom. The number of aliphatic hydroxyl groups excluding tert-OH is 1. The van der Waals surface area contributed by atoms with Gasteiger partial charge in [0.1, 0.15) is 6.61 Å². The normalized spacial score (nSPS) is 12.7. The molecular weight excluding hydrogens is 801 g/mol. The zero-order valence-corrected chi connectivity index (χ0v) is 43.0. The van der Waals surface area contributed by atoms with Gasteiger partial charge in [0.05, 0.1) is 6.61 Å². The van der Waals surface area contributed by atoms with Crippen molar-refractivity contribution in [3.8, 4) is 0 Å². The number of rotatable bonds is 51. The van der Waals surface area contributed by atoms with Crippen molar-refractivity contribution in [3.05, 3.63) is 72.9 Å². The molecule has 0 aliphatic carbocycles. The van der Waals surface area contributed by atoms with Gasteiger partial charge in [-0.3, -0.25) is 9.59 Å². The van der Waals surface area contributed by atoms with Gasteiger partial charge in [0.25, 0.3) is 0 Å². The van der Waals surface area contributed by atoms with Crippen molar-refractivity contribution in [1.82, 2.24) is 0 Å². The van der Waals surface area contributed by atoms with Gasteiger partial charge in [-0.1, -0.05) is 273 Å². The Labute approximate surface area is 403 Å². The highest BCUT2D eigenvalue weighted by Crippen LogP contribution is 2.17. The van der Waals surface area contributed by atoms with Gasteiger partial charge in [-0.25, -0.2) is 0 Å². The average molecular weight is 908 g/mol. The molecule has 0 spiro atoms. The zero-order valence-electron chi connectivity index (χ0n) is 43.0. The lowest BCUT2D eigenvalue weighted by Crippen LogP contribution is -2.28. The highest BCUT2D eigenvalue weighted by Gasteiger charge is 2.16. The highest BCUT2D eigenvalue weighted by molar-refractivity contribution is 5.70. The van der Waals surface area contributed by atoms with Crippen LogP contribution >= 0.6 is 0 Å². The van der Waals surface area contributed by atoms with Crippen LogP contribution in [0.4, 0.5) is 0 Å². The first-order valence-corrected chi connectivity index (χ1v) is 28.0. The van der Waals surface area contributed by atoms with Crippen molar-refractivity contribution in [1.29, 1.82) is 0 Å². The number of carbonyl (C=O) groups is 2. The largest absolute Gasteiger partial charge is 0.462 e. The first-order valence-electron chi connectivity index (χ1n) is 28.0. The van der Waals surface area contributed by atoms with Gasteiger partial charge in [0.15, 0.2) is 6.10 Å². The molecule has 0 aliphatic heterocycles. The van der Waals surface area contributed by atoms with E-state index in [4.69, 9.17) is 9.47 Å². The fraction of sp³-hybridized carbons (Fsp3) is 0.767. The SMILES string of the molecule is CC/C=C\C/C=C\C/C=C\C/C=C\C/C=C\C/C=C\CCCCCCCCCCCCCCC(=O)OC(CO)COC(=O)CCCCCCCCCCCCCCCCCCCCCC. The Balaban J connectivity index is 3.49. The lowest BCUT2D eigenvalue weighted by atomic mass is 10.0. The second-order valence-corrected chi connectivity index (χ2v) is 18.6. The summed E-state index contributed by atoms with van der Waals surface area (Å²) in [6, 6.07) is 0. The quantitative estimate of drug-likeness (QED) is 0.0374. The Hall–Kier alpha value is -2.66. The van der Waals surface area contributed by atoms with Crippen molar-refractivity contribution in [2.75, 3.05) is 13.2 Å². The van der Waals surface area contributed by atoms with Crippen molar-refractivity contribution in [3.63, 3.8) is 0 Å². The van der Waals surface area contributed by atoms with Crippen molar-refractivity contribution < 1.29 is 24.2 Å². The van der Waals surface area contributed by atoms with E-state index in [2.05, 4.69) is 86.8 Å². The van der Waals surface area contributed by atoms with E-state index in [1.807, 2.05) is 0 Å². The number of aliphatic hydroxyl groups is 1. The molecule has 0 saturated carbocycles. The molecule has 5 heteroatoms. The molecule has 1 unspecified atom stereocenters. The van der Waals surface area contributed by atoms with Crippen LogP contribution in [0.1, 0.15) is 277 Å². The summed E-state index contributed by atoms with van der Waals surface area (Å²) in [5.41, 5.74) is 0. The van der Waals surface area contributed by atoms with Crippen molar-refractivity contribution in [2.24, 2.45) is 0 Å². The summed E-state index contributed by atoms with van der Waals surface area (Å²) in [4.78, 5) is 24.5. The van der Waals surface area contributed by atoms with E-state index in [1.54, 1.807) is 0 Å². The minimum Gasteiger partial charge on any atom is -0.462 e.